The second-order valence-corrected chi connectivity index (χ2v) is 7.83. The number of nitrogens with one attached hydrogen (secondary N) is 2. The Morgan fingerprint density at radius 2 is 1.86 bits per heavy atom. The number of para-hydroxylation sites is 1. The summed E-state index contributed by atoms with van der Waals surface area (Å²) in [5.41, 5.74) is 1.35. The molecule has 0 aliphatic carbocycles. The largest absolute Gasteiger partial charge is 0.494 e. The second-order valence-electron chi connectivity index (χ2n) is 7.83. The maximum absolute atomic E-state index is 14.7. The number of amidine groups is 1. The van der Waals surface area contributed by atoms with E-state index in [1.807, 2.05) is 0 Å². The van der Waals surface area contributed by atoms with Crippen molar-refractivity contribution in [2.45, 2.75) is 19.3 Å². The zero-order chi connectivity index (χ0) is 24.4. The molecule has 0 amide bonds. The van der Waals surface area contributed by atoms with Crippen LogP contribution in [0.4, 0.5) is 14.5 Å². The SMILES string of the molecule is CCOc1cc(F)c(Cn2nc(C3(O)N=C(Nc4ccncc4)C=CN3)c3ccccc32)c(F)c1. The third kappa shape index (κ3) is 4.43. The van der Waals surface area contributed by atoms with Gasteiger partial charge in [-0.25, -0.2) is 13.8 Å². The van der Waals surface area contributed by atoms with Gasteiger partial charge in [-0.3, -0.25) is 9.67 Å². The molecular formula is C25H22F2N6O2. The second kappa shape index (κ2) is 9.15. The number of benzene rings is 2. The summed E-state index contributed by atoms with van der Waals surface area (Å²) in [7, 11) is 0. The molecule has 10 heteroatoms. The van der Waals surface area contributed by atoms with E-state index in [9.17, 15) is 13.9 Å². The van der Waals surface area contributed by atoms with E-state index in [4.69, 9.17) is 4.74 Å². The first-order valence-electron chi connectivity index (χ1n) is 11.0. The van der Waals surface area contributed by atoms with E-state index in [-0.39, 0.29) is 23.6 Å². The lowest BCUT2D eigenvalue weighted by Gasteiger charge is -2.26. The third-order valence-electron chi connectivity index (χ3n) is 5.48. The van der Waals surface area contributed by atoms with Crippen LogP contribution in [0.5, 0.6) is 5.75 Å². The van der Waals surface area contributed by atoms with Crippen LogP contribution in [-0.4, -0.2) is 32.3 Å². The molecule has 3 N–H and O–H groups in total. The van der Waals surface area contributed by atoms with E-state index in [2.05, 4.69) is 25.7 Å². The molecule has 1 atom stereocenters. The molecule has 8 nitrogen and oxygen atoms in total. The fourth-order valence-electron chi connectivity index (χ4n) is 3.89. The van der Waals surface area contributed by atoms with Crippen molar-refractivity contribution in [3.63, 3.8) is 0 Å². The highest BCUT2D eigenvalue weighted by Gasteiger charge is 2.35. The topological polar surface area (TPSA) is 96.6 Å². The van der Waals surface area contributed by atoms with Gasteiger partial charge in [0.05, 0.1) is 18.7 Å². The van der Waals surface area contributed by atoms with Gasteiger partial charge in [0.2, 0.25) is 0 Å². The predicted octanol–water partition coefficient (Wildman–Crippen LogP) is 3.89. The number of hydrogen-bond donors (Lipinski definition) is 3. The fourth-order valence-corrected chi connectivity index (χ4v) is 3.89. The van der Waals surface area contributed by atoms with Crippen LogP contribution in [0.1, 0.15) is 18.2 Å². The number of ether oxygens (including phenoxy) is 1. The van der Waals surface area contributed by atoms with E-state index >= 15 is 0 Å². The van der Waals surface area contributed by atoms with Crippen molar-refractivity contribution in [2.75, 3.05) is 11.9 Å². The lowest BCUT2D eigenvalue weighted by Crippen LogP contribution is -2.42. The first-order chi connectivity index (χ1) is 17.0. The first kappa shape index (κ1) is 22.5. The van der Waals surface area contributed by atoms with Crippen LogP contribution in [0.25, 0.3) is 10.9 Å². The number of nitrogens with zero attached hydrogens (tertiary/aromatic N) is 4. The monoisotopic (exact) mass is 476 g/mol. The molecule has 1 aliphatic heterocycles. The van der Waals surface area contributed by atoms with Crippen LogP contribution >= 0.6 is 0 Å². The minimum Gasteiger partial charge on any atom is -0.494 e. The van der Waals surface area contributed by atoms with E-state index in [0.717, 1.165) is 17.8 Å². The number of rotatable bonds is 6. The van der Waals surface area contributed by atoms with Gasteiger partial charge in [0.25, 0.3) is 5.85 Å². The van der Waals surface area contributed by atoms with Crippen LogP contribution in [0, 0.1) is 11.6 Å². The van der Waals surface area contributed by atoms with E-state index in [1.54, 1.807) is 68.0 Å². The third-order valence-corrected chi connectivity index (χ3v) is 5.48. The molecule has 2 aromatic heterocycles. The van der Waals surface area contributed by atoms with Gasteiger partial charge in [-0.1, -0.05) is 18.2 Å². The fraction of sp³-hybridized carbons (Fsp3) is 0.160. The van der Waals surface area contributed by atoms with Crippen molar-refractivity contribution < 1.29 is 18.6 Å². The van der Waals surface area contributed by atoms with Gasteiger partial charge in [0.1, 0.15) is 28.9 Å². The average Bonchev–Trinajstić information content (AvgIpc) is 3.22. The summed E-state index contributed by atoms with van der Waals surface area (Å²) in [6.45, 7) is 1.84. The zero-order valence-electron chi connectivity index (χ0n) is 18.7. The van der Waals surface area contributed by atoms with Gasteiger partial charge in [0, 0.05) is 47.4 Å². The van der Waals surface area contributed by atoms with Crippen molar-refractivity contribution in [3.05, 3.63) is 96.1 Å². The smallest absolute Gasteiger partial charge is 0.283 e. The normalized spacial score (nSPS) is 17.2. The number of hydrogen-bond acceptors (Lipinski definition) is 7. The zero-order valence-corrected chi connectivity index (χ0v) is 18.7. The molecular weight excluding hydrogens is 454 g/mol. The van der Waals surface area contributed by atoms with Gasteiger partial charge in [-0.05, 0) is 31.2 Å². The summed E-state index contributed by atoms with van der Waals surface area (Å²) < 4.78 is 36.2. The maximum atomic E-state index is 14.7. The van der Waals surface area contributed by atoms with Gasteiger partial charge in [-0.15, -0.1) is 0 Å². The average molecular weight is 476 g/mol. The highest BCUT2D eigenvalue weighted by atomic mass is 19.1. The van der Waals surface area contributed by atoms with Crippen molar-refractivity contribution in [1.82, 2.24) is 20.1 Å². The maximum Gasteiger partial charge on any atom is 0.283 e. The highest BCUT2D eigenvalue weighted by molar-refractivity contribution is 6.04. The molecule has 0 bridgehead atoms. The van der Waals surface area contributed by atoms with Crippen molar-refractivity contribution in [1.29, 1.82) is 0 Å². The Hall–Kier alpha value is -4.31. The summed E-state index contributed by atoms with van der Waals surface area (Å²) in [5.74, 6) is -2.89. The Morgan fingerprint density at radius 1 is 1.11 bits per heavy atom. The van der Waals surface area contributed by atoms with Gasteiger partial charge < -0.3 is 20.5 Å². The van der Waals surface area contributed by atoms with E-state index < -0.39 is 17.5 Å². The van der Waals surface area contributed by atoms with E-state index in [0.29, 0.717) is 23.3 Å². The van der Waals surface area contributed by atoms with Crippen LogP contribution in [-0.2, 0) is 12.4 Å². The molecule has 1 aliphatic rings. The Morgan fingerprint density at radius 3 is 2.60 bits per heavy atom. The number of anilines is 1. The molecule has 1 unspecified atom stereocenters. The molecule has 2 aromatic carbocycles. The lowest BCUT2D eigenvalue weighted by molar-refractivity contribution is 0.0191. The van der Waals surface area contributed by atoms with E-state index in [1.165, 1.54) is 4.68 Å². The van der Waals surface area contributed by atoms with Gasteiger partial charge in [-0.2, -0.15) is 5.10 Å². The summed E-state index contributed by atoms with van der Waals surface area (Å²) >= 11 is 0. The molecule has 4 aromatic rings. The van der Waals surface area contributed by atoms with Gasteiger partial charge in [0.15, 0.2) is 0 Å². The summed E-state index contributed by atoms with van der Waals surface area (Å²) in [4.78, 5) is 8.40. The quantitative estimate of drug-likeness (QED) is 0.391. The van der Waals surface area contributed by atoms with Crippen LogP contribution in [0.3, 0.4) is 0 Å². The summed E-state index contributed by atoms with van der Waals surface area (Å²) in [6, 6.07) is 12.9. The minimum absolute atomic E-state index is 0.119. The Balaban J connectivity index is 1.53. The van der Waals surface area contributed by atoms with Crippen molar-refractivity contribution in [3.8, 4) is 5.75 Å². The number of halogens is 2. The standard InChI is InChI=1S/C25H22F2N6O2/c1-2-35-17-13-20(26)19(21(27)14-17)15-33-22-6-4-3-5-18(22)24(32-33)25(34)29-12-9-23(31-25)30-16-7-10-28-11-8-16/h3-14,29,34H,2,15H2,1H3,(H,28,30,31). The predicted molar refractivity (Wildman–Crippen MR) is 128 cm³/mol. The molecule has 0 saturated carbocycles. The van der Waals surface area contributed by atoms with Crippen LogP contribution in [0.2, 0.25) is 0 Å². The highest BCUT2D eigenvalue weighted by Crippen LogP contribution is 2.31. The number of fused-ring (bicyclic) bond motifs is 1. The number of aliphatic imine (C=N–C) groups is 1. The number of pyridine rings is 1. The molecule has 0 saturated heterocycles. The van der Waals surface area contributed by atoms with Crippen molar-refractivity contribution in [2.24, 2.45) is 4.99 Å². The number of aromatic nitrogens is 3. The molecule has 35 heavy (non-hydrogen) atoms. The van der Waals surface area contributed by atoms with Crippen LogP contribution in [0.15, 0.2) is 78.2 Å². The lowest BCUT2D eigenvalue weighted by atomic mass is 10.1. The molecule has 0 fully saturated rings. The Bertz CT molecular complexity index is 1410. The van der Waals surface area contributed by atoms with Gasteiger partial charge >= 0.3 is 0 Å². The molecule has 178 valence electrons. The van der Waals surface area contributed by atoms with Crippen LogP contribution < -0.4 is 15.4 Å². The van der Waals surface area contributed by atoms with Crippen molar-refractivity contribution >= 4 is 22.4 Å². The Labute approximate surface area is 199 Å². The summed E-state index contributed by atoms with van der Waals surface area (Å²) in [6.07, 6.45) is 6.48. The number of aliphatic hydroxyl groups is 1. The Kier molecular flexibility index (Phi) is 5.87. The molecule has 0 spiro atoms. The molecule has 0 radical (unpaired) electrons. The first-order valence-corrected chi connectivity index (χ1v) is 11.0. The summed E-state index contributed by atoms with van der Waals surface area (Å²) in [5, 5.41) is 22.5. The molecule has 3 heterocycles. The minimum atomic E-state index is -1.91. The molecule has 5 rings (SSSR count).